The Morgan fingerprint density at radius 2 is 1.87 bits per heavy atom. The van der Waals surface area contributed by atoms with Crippen LogP contribution in [0.1, 0.15) is 31.0 Å². The fourth-order valence-corrected chi connectivity index (χ4v) is 3.12. The Hall–Kier alpha value is -1.94. The maximum Gasteiger partial charge on any atom is 0.161 e. The van der Waals surface area contributed by atoms with Crippen molar-refractivity contribution >= 4 is 5.82 Å². The summed E-state index contributed by atoms with van der Waals surface area (Å²) in [7, 11) is 0. The van der Waals surface area contributed by atoms with E-state index in [1.54, 1.807) is 0 Å². The van der Waals surface area contributed by atoms with E-state index in [1.807, 2.05) is 18.2 Å². The Labute approximate surface area is 138 Å². The second-order valence-corrected chi connectivity index (χ2v) is 6.26. The lowest BCUT2D eigenvalue weighted by Crippen LogP contribution is -2.31. The zero-order chi connectivity index (χ0) is 16.1. The number of piperidine rings is 1. The molecule has 0 amide bonds. The van der Waals surface area contributed by atoms with Gasteiger partial charge in [0.05, 0.1) is 0 Å². The summed E-state index contributed by atoms with van der Waals surface area (Å²) < 4.78 is 0. The summed E-state index contributed by atoms with van der Waals surface area (Å²) in [6.45, 7) is 7.53. The SMILES string of the molecule is CCc1nc(-c2ccccc2)nc(NCC2CCNCC2)c1C. The quantitative estimate of drug-likeness (QED) is 0.888. The molecule has 0 radical (unpaired) electrons. The summed E-state index contributed by atoms with van der Waals surface area (Å²) in [5, 5.41) is 7.01. The van der Waals surface area contributed by atoms with Gasteiger partial charge >= 0.3 is 0 Å². The highest BCUT2D eigenvalue weighted by Gasteiger charge is 2.15. The fraction of sp³-hybridized carbons (Fsp3) is 0.474. The van der Waals surface area contributed by atoms with Crippen molar-refractivity contribution in [3.05, 3.63) is 41.6 Å². The van der Waals surface area contributed by atoms with Crippen LogP contribution in [0.15, 0.2) is 30.3 Å². The number of benzene rings is 1. The molecular formula is C19H26N4. The van der Waals surface area contributed by atoms with Crippen LogP contribution in [0.4, 0.5) is 5.82 Å². The number of nitrogens with zero attached hydrogens (tertiary/aromatic N) is 2. The first-order chi connectivity index (χ1) is 11.3. The van der Waals surface area contributed by atoms with E-state index in [0.29, 0.717) is 0 Å². The Bertz CT molecular complexity index is 633. The molecule has 2 heterocycles. The van der Waals surface area contributed by atoms with Gasteiger partial charge in [-0.25, -0.2) is 9.97 Å². The van der Waals surface area contributed by atoms with Crippen molar-refractivity contribution < 1.29 is 0 Å². The molecule has 1 aromatic carbocycles. The van der Waals surface area contributed by atoms with E-state index in [2.05, 4.69) is 36.6 Å². The third kappa shape index (κ3) is 3.88. The highest BCUT2D eigenvalue weighted by molar-refractivity contribution is 5.59. The molecule has 0 aliphatic carbocycles. The van der Waals surface area contributed by atoms with E-state index in [1.165, 1.54) is 18.4 Å². The molecule has 0 saturated carbocycles. The number of rotatable bonds is 5. The molecule has 1 aliphatic rings. The number of hydrogen-bond acceptors (Lipinski definition) is 4. The van der Waals surface area contributed by atoms with E-state index in [0.717, 1.165) is 54.9 Å². The van der Waals surface area contributed by atoms with Gasteiger partial charge in [-0.1, -0.05) is 37.3 Å². The Kier molecular flexibility index (Phi) is 5.23. The minimum atomic E-state index is 0.732. The van der Waals surface area contributed by atoms with Gasteiger partial charge in [-0.15, -0.1) is 0 Å². The van der Waals surface area contributed by atoms with E-state index < -0.39 is 0 Å². The van der Waals surface area contributed by atoms with Gasteiger partial charge in [-0.3, -0.25) is 0 Å². The normalized spacial score (nSPS) is 15.6. The van der Waals surface area contributed by atoms with Crippen molar-refractivity contribution in [3.8, 4) is 11.4 Å². The summed E-state index contributed by atoms with van der Waals surface area (Å²) >= 11 is 0. The number of aromatic nitrogens is 2. The predicted octanol–water partition coefficient (Wildman–Crippen LogP) is 3.43. The van der Waals surface area contributed by atoms with Crippen LogP contribution in [-0.4, -0.2) is 29.6 Å². The number of aryl methyl sites for hydroxylation is 1. The molecule has 122 valence electrons. The largest absolute Gasteiger partial charge is 0.369 e. The van der Waals surface area contributed by atoms with Crippen LogP contribution in [0.2, 0.25) is 0 Å². The molecule has 0 bridgehead atoms. The van der Waals surface area contributed by atoms with Gasteiger partial charge in [0.25, 0.3) is 0 Å². The van der Waals surface area contributed by atoms with Crippen molar-refractivity contribution in [2.75, 3.05) is 25.0 Å². The van der Waals surface area contributed by atoms with E-state index in [-0.39, 0.29) is 0 Å². The van der Waals surface area contributed by atoms with Crippen LogP contribution < -0.4 is 10.6 Å². The molecule has 3 rings (SSSR count). The summed E-state index contributed by atoms with van der Waals surface area (Å²) in [6.07, 6.45) is 3.41. The number of nitrogens with one attached hydrogen (secondary N) is 2. The minimum Gasteiger partial charge on any atom is -0.369 e. The first-order valence-corrected chi connectivity index (χ1v) is 8.65. The average molecular weight is 310 g/mol. The fourth-order valence-electron chi connectivity index (χ4n) is 3.12. The van der Waals surface area contributed by atoms with Gasteiger partial charge in [0, 0.05) is 23.4 Å². The lowest BCUT2D eigenvalue weighted by atomic mass is 9.98. The van der Waals surface area contributed by atoms with Crippen LogP contribution in [0.3, 0.4) is 0 Å². The number of hydrogen-bond donors (Lipinski definition) is 2. The van der Waals surface area contributed by atoms with Crippen molar-refractivity contribution in [1.29, 1.82) is 0 Å². The molecule has 0 atom stereocenters. The molecule has 1 saturated heterocycles. The first kappa shape index (κ1) is 15.9. The maximum absolute atomic E-state index is 4.80. The van der Waals surface area contributed by atoms with Crippen molar-refractivity contribution in [2.45, 2.75) is 33.1 Å². The van der Waals surface area contributed by atoms with Crippen LogP contribution in [0.5, 0.6) is 0 Å². The Balaban J connectivity index is 1.83. The van der Waals surface area contributed by atoms with Gasteiger partial charge in [-0.2, -0.15) is 0 Å². The van der Waals surface area contributed by atoms with Crippen LogP contribution in [0, 0.1) is 12.8 Å². The van der Waals surface area contributed by atoms with Crippen LogP contribution in [0.25, 0.3) is 11.4 Å². The molecule has 23 heavy (non-hydrogen) atoms. The monoisotopic (exact) mass is 310 g/mol. The highest BCUT2D eigenvalue weighted by Crippen LogP contribution is 2.23. The molecule has 4 nitrogen and oxygen atoms in total. The van der Waals surface area contributed by atoms with Crippen molar-refractivity contribution in [2.24, 2.45) is 5.92 Å². The maximum atomic E-state index is 4.80. The second-order valence-electron chi connectivity index (χ2n) is 6.26. The molecule has 0 unspecified atom stereocenters. The molecule has 4 heteroatoms. The standard InChI is InChI=1S/C19H26N4/c1-3-17-14(2)18(21-13-15-9-11-20-12-10-15)23-19(22-17)16-7-5-4-6-8-16/h4-8,15,20H,3,9-13H2,1-2H3,(H,21,22,23). The summed E-state index contributed by atoms with van der Waals surface area (Å²) in [4.78, 5) is 9.55. The molecule has 2 N–H and O–H groups in total. The highest BCUT2D eigenvalue weighted by atomic mass is 15.0. The predicted molar refractivity (Wildman–Crippen MR) is 95.7 cm³/mol. The van der Waals surface area contributed by atoms with Gasteiger partial charge in [0.1, 0.15) is 5.82 Å². The smallest absolute Gasteiger partial charge is 0.161 e. The van der Waals surface area contributed by atoms with Crippen LogP contribution >= 0.6 is 0 Å². The third-order valence-corrected chi connectivity index (χ3v) is 4.63. The first-order valence-electron chi connectivity index (χ1n) is 8.65. The van der Waals surface area contributed by atoms with E-state index in [4.69, 9.17) is 9.97 Å². The van der Waals surface area contributed by atoms with Gasteiger partial charge in [0.15, 0.2) is 5.82 Å². The third-order valence-electron chi connectivity index (χ3n) is 4.63. The molecular weight excluding hydrogens is 284 g/mol. The summed E-state index contributed by atoms with van der Waals surface area (Å²) in [5.41, 5.74) is 3.39. The Morgan fingerprint density at radius 3 is 2.57 bits per heavy atom. The molecule has 1 aromatic heterocycles. The van der Waals surface area contributed by atoms with Crippen LogP contribution in [-0.2, 0) is 6.42 Å². The van der Waals surface area contributed by atoms with E-state index >= 15 is 0 Å². The topological polar surface area (TPSA) is 49.8 Å². The van der Waals surface area contributed by atoms with E-state index in [9.17, 15) is 0 Å². The lowest BCUT2D eigenvalue weighted by molar-refractivity contribution is 0.389. The van der Waals surface area contributed by atoms with Gasteiger partial charge < -0.3 is 10.6 Å². The van der Waals surface area contributed by atoms with Gasteiger partial charge in [0.2, 0.25) is 0 Å². The van der Waals surface area contributed by atoms with Gasteiger partial charge in [-0.05, 0) is 45.2 Å². The molecule has 2 aromatic rings. The van der Waals surface area contributed by atoms with Crippen molar-refractivity contribution in [3.63, 3.8) is 0 Å². The zero-order valence-corrected chi connectivity index (χ0v) is 14.1. The lowest BCUT2D eigenvalue weighted by Gasteiger charge is -2.23. The minimum absolute atomic E-state index is 0.732. The summed E-state index contributed by atoms with van der Waals surface area (Å²) in [5.74, 6) is 2.55. The molecule has 1 aliphatic heterocycles. The Morgan fingerprint density at radius 1 is 1.13 bits per heavy atom. The summed E-state index contributed by atoms with van der Waals surface area (Å²) in [6, 6.07) is 10.2. The average Bonchev–Trinajstić information content (AvgIpc) is 2.62. The van der Waals surface area contributed by atoms with Crippen molar-refractivity contribution in [1.82, 2.24) is 15.3 Å². The second kappa shape index (κ2) is 7.55. The molecule has 0 spiro atoms. The number of anilines is 1. The zero-order valence-electron chi connectivity index (χ0n) is 14.1. The molecule has 1 fully saturated rings.